The van der Waals surface area contributed by atoms with Crippen LogP contribution in [0.25, 0.3) is 0 Å². The predicted molar refractivity (Wildman–Crippen MR) is 71.8 cm³/mol. The van der Waals surface area contributed by atoms with Crippen molar-refractivity contribution in [2.24, 2.45) is 18.7 Å². The van der Waals surface area contributed by atoms with Gasteiger partial charge in [0.2, 0.25) is 5.91 Å². The molecule has 1 aliphatic carbocycles. The molecule has 1 heterocycles. The normalized spacial score (nSPS) is 24.7. The Balaban J connectivity index is 1.96. The molecule has 18 heavy (non-hydrogen) atoms. The SMILES string of the molecule is Cn1cccc1CN[C@@H]1CCCCC[C@@H]1C(N)=O. The average molecular weight is 249 g/mol. The van der Waals surface area contributed by atoms with Gasteiger partial charge >= 0.3 is 0 Å². The number of carbonyl (C=O) groups is 1. The number of carbonyl (C=O) groups excluding carboxylic acids is 1. The standard InChI is InChI=1S/C14H23N3O/c1-17-9-5-6-11(17)10-16-13-8-4-2-3-7-12(13)14(15)18/h5-6,9,12-13,16H,2-4,7-8,10H2,1H3,(H2,15,18)/t12-,13+/m0/s1. The number of aromatic nitrogens is 1. The molecule has 0 aliphatic heterocycles. The van der Waals surface area contributed by atoms with Crippen molar-refractivity contribution >= 4 is 5.91 Å². The zero-order valence-corrected chi connectivity index (χ0v) is 11.1. The Morgan fingerprint density at radius 3 is 2.89 bits per heavy atom. The molecule has 0 unspecified atom stereocenters. The van der Waals surface area contributed by atoms with E-state index >= 15 is 0 Å². The highest BCUT2D eigenvalue weighted by molar-refractivity contribution is 5.77. The third-order valence-corrected chi connectivity index (χ3v) is 3.98. The topological polar surface area (TPSA) is 60.1 Å². The molecular formula is C14H23N3O. The summed E-state index contributed by atoms with van der Waals surface area (Å²) < 4.78 is 2.10. The van der Waals surface area contributed by atoms with Gasteiger partial charge in [0.25, 0.3) is 0 Å². The van der Waals surface area contributed by atoms with Gasteiger partial charge in [0.15, 0.2) is 0 Å². The van der Waals surface area contributed by atoms with Crippen molar-refractivity contribution in [2.75, 3.05) is 0 Å². The molecule has 0 radical (unpaired) electrons. The Hall–Kier alpha value is -1.29. The van der Waals surface area contributed by atoms with Crippen molar-refractivity contribution in [1.29, 1.82) is 0 Å². The fraction of sp³-hybridized carbons (Fsp3) is 0.643. The van der Waals surface area contributed by atoms with Crippen LogP contribution in [0.1, 0.15) is 37.8 Å². The van der Waals surface area contributed by atoms with Crippen molar-refractivity contribution in [3.63, 3.8) is 0 Å². The molecule has 3 N–H and O–H groups in total. The molecule has 4 nitrogen and oxygen atoms in total. The molecule has 0 spiro atoms. The van der Waals surface area contributed by atoms with Gasteiger partial charge in [0, 0.05) is 31.5 Å². The van der Waals surface area contributed by atoms with E-state index in [9.17, 15) is 4.79 Å². The van der Waals surface area contributed by atoms with Crippen LogP contribution in [-0.4, -0.2) is 16.5 Å². The summed E-state index contributed by atoms with van der Waals surface area (Å²) in [5, 5.41) is 3.51. The van der Waals surface area contributed by atoms with Crippen molar-refractivity contribution < 1.29 is 4.79 Å². The van der Waals surface area contributed by atoms with E-state index in [0.717, 1.165) is 25.8 Å². The van der Waals surface area contributed by atoms with Crippen molar-refractivity contribution in [3.8, 4) is 0 Å². The van der Waals surface area contributed by atoms with Gasteiger partial charge in [0.1, 0.15) is 0 Å². The van der Waals surface area contributed by atoms with Gasteiger partial charge < -0.3 is 15.6 Å². The molecule has 1 amide bonds. The van der Waals surface area contributed by atoms with E-state index in [-0.39, 0.29) is 17.9 Å². The number of nitrogens with one attached hydrogen (secondary N) is 1. The first-order valence-corrected chi connectivity index (χ1v) is 6.81. The fourth-order valence-corrected chi connectivity index (χ4v) is 2.81. The molecule has 2 atom stereocenters. The first kappa shape index (κ1) is 13.1. The number of hydrogen-bond acceptors (Lipinski definition) is 2. The number of aryl methyl sites for hydroxylation is 1. The second kappa shape index (κ2) is 6.05. The van der Waals surface area contributed by atoms with E-state index in [1.165, 1.54) is 18.5 Å². The van der Waals surface area contributed by atoms with Gasteiger partial charge in [-0.25, -0.2) is 0 Å². The Kier molecular flexibility index (Phi) is 4.42. The van der Waals surface area contributed by atoms with E-state index in [2.05, 4.69) is 16.0 Å². The number of primary amides is 1. The lowest BCUT2D eigenvalue weighted by Crippen LogP contribution is -2.42. The minimum Gasteiger partial charge on any atom is -0.369 e. The molecule has 1 aliphatic rings. The average Bonchev–Trinajstić information content (AvgIpc) is 2.62. The molecule has 2 rings (SSSR count). The Morgan fingerprint density at radius 2 is 2.22 bits per heavy atom. The summed E-state index contributed by atoms with van der Waals surface area (Å²) >= 11 is 0. The molecule has 4 heteroatoms. The molecule has 0 saturated heterocycles. The summed E-state index contributed by atoms with van der Waals surface area (Å²) in [5.41, 5.74) is 6.76. The molecule has 100 valence electrons. The summed E-state index contributed by atoms with van der Waals surface area (Å²) in [6.45, 7) is 0.804. The summed E-state index contributed by atoms with van der Waals surface area (Å²) in [6, 6.07) is 4.37. The maximum atomic E-state index is 11.5. The second-order valence-corrected chi connectivity index (χ2v) is 5.24. The third-order valence-electron chi connectivity index (χ3n) is 3.98. The molecule has 1 aromatic rings. The number of hydrogen-bond donors (Lipinski definition) is 2. The Bertz CT molecular complexity index is 399. The van der Waals surface area contributed by atoms with Crippen LogP contribution in [0.2, 0.25) is 0 Å². The summed E-state index contributed by atoms with van der Waals surface area (Å²) in [4.78, 5) is 11.5. The van der Waals surface area contributed by atoms with Crippen LogP contribution in [-0.2, 0) is 18.4 Å². The summed E-state index contributed by atoms with van der Waals surface area (Å²) in [7, 11) is 2.04. The van der Waals surface area contributed by atoms with Gasteiger partial charge in [-0.05, 0) is 25.0 Å². The van der Waals surface area contributed by atoms with Gasteiger partial charge in [0.05, 0.1) is 5.92 Å². The zero-order chi connectivity index (χ0) is 13.0. The summed E-state index contributed by atoms with van der Waals surface area (Å²) in [6.07, 6.45) is 7.55. The highest BCUT2D eigenvalue weighted by atomic mass is 16.1. The Labute approximate surface area is 109 Å². The third kappa shape index (κ3) is 3.13. The first-order chi connectivity index (χ1) is 8.68. The maximum Gasteiger partial charge on any atom is 0.222 e. The van der Waals surface area contributed by atoms with Crippen LogP contribution in [0.15, 0.2) is 18.3 Å². The number of amides is 1. The van der Waals surface area contributed by atoms with E-state index in [1.807, 2.05) is 19.3 Å². The molecule has 0 bridgehead atoms. The van der Waals surface area contributed by atoms with Crippen molar-refractivity contribution in [3.05, 3.63) is 24.0 Å². The maximum absolute atomic E-state index is 11.5. The van der Waals surface area contributed by atoms with Gasteiger partial charge in [-0.1, -0.05) is 19.3 Å². The number of nitrogens with zero attached hydrogens (tertiary/aromatic N) is 1. The van der Waals surface area contributed by atoms with Gasteiger partial charge in [-0.15, -0.1) is 0 Å². The van der Waals surface area contributed by atoms with E-state index in [1.54, 1.807) is 0 Å². The molecule has 1 saturated carbocycles. The smallest absolute Gasteiger partial charge is 0.222 e. The largest absolute Gasteiger partial charge is 0.369 e. The van der Waals surface area contributed by atoms with Gasteiger partial charge in [-0.2, -0.15) is 0 Å². The van der Waals surface area contributed by atoms with Crippen LogP contribution in [0.3, 0.4) is 0 Å². The quantitative estimate of drug-likeness (QED) is 0.795. The fourth-order valence-electron chi connectivity index (χ4n) is 2.81. The number of rotatable bonds is 4. The van der Waals surface area contributed by atoms with E-state index in [4.69, 9.17) is 5.73 Å². The lowest BCUT2D eigenvalue weighted by atomic mass is 9.94. The molecular weight excluding hydrogens is 226 g/mol. The molecule has 1 fully saturated rings. The molecule has 0 aromatic carbocycles. The molecule has 1 aromatic heterocycles. The Morgan fingerprint density at radius 1 is 1.44 bits per heavy atom. The second-order valence-electron chi connectivity index (χ2n) is 5.24. The monoisotopic (exact) mass is 249 g/mol. The highest BCUT2D eigenvalue weighted by Crippen LogP contribution is 2.23. The van der Waals surface area contributed by atoms with E-state index in [0.29, 0.717) is 0 Å². The number of nitrogens with two attached hydrogens (primary N) is 1. The lowest BCUT2D eigenvalue weighted by molar-refractivity contribution is -0.122. The van der Waals surface area contributed by atoms with Crippen LogP contribution >= 0.6 is 0 Å². The van der Waals surface area contributed by atoms with Crippen LogP contribution < -0.4 is 11.1 Å². The van der Waals surface area contributed by atoms with Gasteiger partial charge in [-0.3, -0.25) is 4.79 Å². The van der Waals surface area contributed by atoms with E-state index < -0.39 is 0 Å². The summed E-state index contributed by atoms with van der Waals surface area (Å²) in [5.74, 6) is -0.158. The minimum atomic E-state index is -0.152. The van der Waals surface area contributed by atoms with Crippen LogP contribution in [0.4, 0.5) is 0 Å². The predicted octanol–water partition coefficient (Wildman–Crippen LogP) is 1.55. The van der Waals surface area contributed by atoms with Crippen molar-refractivity contribution in [2.45, 2.75) is 44.7 Å². The van der Waals surface area contributed by atoms with Crippen LogP contribution in [0.5, 0.6) is 0 Å². The first-order valence-electron chi connectivity index (χ1n) is 6.81. The highest BCUT2D eigenvalue weighted by Gasteiger charge is 2.27. The van der Waals surface area contributed by atoms with Crippen molar-refractivity contribution in [1.82, 2.24) is 9.88 Å². The minimum absolute atomic E-state index is 0.00670. The van der Waals surface area contributed by atoms with Crippen LogP contribution in [0, 0.1) is 5.92 Å². The lowest BCUT2D eigenvalue weighted by Gasteiger charge is -2.23. The zero-order valence-electron chi connectivity index (χ0n) is 11.1.